The van der Waals surface area contributed by atoms with Gasteiger partial charge in [0.2, 0.25) is 5.91 Å². The first-order valence-corrected chi connectivity index (χ1v) is 9.34. The van der Waals surface area contributed by atoms with E-state index in [4.69, 9.17) is 0 Å². The highest BCUT2D eigenvalue weighted by Gasteiger charge is 2.43. The van der Waals surface area contributed by atoms with Crippen LogP contribution in [0.3, 0.4) is 0 Å². The van der Waals surface area contributed by atoms with Gasteiger partial charge in [0, 0.05) is 26.2 Å². The van der Waals surface area contributed by atoms with Gasteiger partial charge in [-0.15, -0.1) is 0 Å². The first-order chi connectivity index (χ1) is 12.9. The standard InChI is InChI=1S/C19H25F4N3O/c20-18(21)19(22,23)14-24-10-12-26(13-11-24)17(27)16(25-8-4-5-9-25)15-6-2-1-3-7-15/h1-3,6-7,16,18H,4-5,8-14H2. The lowest BCUT2D eigenvalue weighted by atomic mass is 10.0. The number of nitrogens with zero attached hydrogens (tertiary/aromatic N) is 3. The van der Waals surface area contributed by atoms with E-state index in [0.29, 0.717) is 0 Å². The maximum absolute atomic E-state index is 13.3. The Morgan fingerprint density at radius 2 is 1.56 bits per heavy atom. The van der Waals surface area contributed by atoms with Crippen molar-refractivity contribution in [1.82, 2.24) is 14.7 Å². The van der Waals surface area contributed by atoms with Crippen molar-refractivity contribution in [2.24, 2.45) is 0 Å². The first kappa shape index (κ1) is 20.1. The fourth-order valence-electron chi connectivity index (χ4n) is 3.81. The number of benzene rings is 1. The quantitative estimate of drug-likeness (QED) is 0.703. The number of hydrogen-bond donors (Lipinski definition) is 0. The molecule has 4 nitrogen and oxygen atoms in total. The number of hydrogen-bond acceptors (Lipinski definition) is 3. The molecule has 1 unspecified atom stereocenters. The van der Waals surface area contributed by atoms with E-state index in [9.17, 15) is 22.4 Å². The van der Waals surface area contributed by atoms with Gasteiger partial charge < -0.3 is 4.90 Å². The van der Waals surface area contributed by atoms with Gasteiger partial charge in [-0.05, 0) is 31.5 Å². The van der Waals surface area contributed by atoms with Gasteiger partial charge in [0.1, 0.15) is 6.04 Å². The largest absolute Gasteiger partial charge is 0.338 e. The molecular formula is C19H25F4N3O. The molecule has 150 valence electrons. The Morgan fingerprint density at radius 1 is 0.963 bits per heavy atom. The lowest BCUT2D eigenvalue weighted by Crippen LogP contribution is -2.54. The van der Waals surface area contributed by atoms with Crippen molar-refractivity contribution in [3.8, 4) is 0 Å². The summed E-state index contributed by atoms with van der Waals surface area (Å²) in [5.41, 5.74) is 0.927. The minimum atomic E-state index is -4.02. The Balaban J connectivity index is 1.64. The second-order valence-corrected chi connectivity index (χ2v) is 7.22. The summed E-state index contributed by atoms with van der Waals surface area (Å²) in [6, 6.07) is 9.19. The number of likely N-dealkylation sites (tertiary alicyclic amines) is 1. The van der Waals surface area contributed by atoms with Crippen LogP contribution in [0.25, 0.3) is 0 Å². The van der Waals surface area contributed by atoms with E-state index < -0.39 is 18.9 Å². The predicted molar refractivity (Wildman–Crippen MR) is 94.0 cm³/mol. The van der Waals surface area contributed by atoms with Crippen LogP contribution < -0.4 is 0 Å². The second kappa shape index (κ2) is 8.56. The number of amides is 1. The molecule has 27 heavy (non-hydrogen) atoms. The van der Waals surface area contributed by atoms with Crippen LogP contribution in [0.5, 0.6) is 0 Å². The summed E-state index contributed by atoms with van der Waals surface area (Å²) in [7, 11) is 0. The summed E-state index contributed by atoms with van der Waals surface area (Å²) in [6.07, 6.45) is -1.57. The number of alkyl halides is 4. The van der Waals surface area contributed by atoms with Crippen LogP contribution in [0.1, 0.15) is 24.4 Å². The van der Waals surface area contributed by atoms with Crippen LogP contribution in [-0.4, -0.2) is 78.8 Å². The molecule has 3 rings (SSSR count). The molecule has 0 bridgehead atoms. The topological polar surface area (TPSA) is 26.8 Å². The van der Waals surface area contributed by atoms with Gasteiger partial charge in [-0.1, -0.05) is 30.3 Å². The summed E-state index contributed by atoms with van der Waals surface area (Å²) in [4.78, 5) is 18.3. The molecule has 0 spiro atoms. The molecule has 0 N–H and O–H groups in total. The monoisotopic (exact) mass is 387 g/mol. The Kier molecular flexibility index (Phi) is 6.37. The second-order valence-electron chi connectivity index (χ2n) is 7.22. The summed E-state index contributed by atoms with van der Waals surface area (Å²) < 4.78 is 51.3. The molecule has 2 aliphatic rings. The summed E-state index contributed by atoms with van der Waals surface area (Å²) in [5, 5.41) is 0. The highest BCUT2D eigenvalue weighted by atomic mass is 19.3. The zero-order chi connectivity index (χ0) is 19.4. The molecule has 1 amide bonds. The molecule has 1 atom stereocenters. The number of halogens is 4. The molecule has 0 saturated carbocycles. The average molecular weight is 387 g/mol. The van der Waals surface area contributed by atoms with Crippen LogP contribution in [0, 0.1) is 0 Å². The number of piperazine rings is 1. The van der Waals surface area contributed by atoms with Crippen molar-refractivity contribution in [1.29, 1.82) is 0 Å². The van der Waals surface area contributed by atoms with Gasteiger partial charge in [0.15, 0.2) is 0 Å². The highest BCUT2D eigenvalue weighted by molar-refractivity contribution is 5.83. The minimum Gasteiger partial charge on any atom is -0.338 e. The Labute approximate surface area is 156 Å². The molecule has 2 saturated heterocycles. The van der Waals surface area contributed by atoms with Crippen molar-refractivity contribution >= 4 is 5.91 Å². The van der Waals surface area contributed by atoms with E-state index in [1.165, 1.54) is 4.90 Å². The molecule has 0 aliphatic carbocycles. The minimum absolute atomic E-state index is 0.0385. The van der Waals surface area contributed by atoms with E-state index in [0.717, 1.165) is 31.5 Å². The predicted octanol–water partition coefficient (Wildman–Crippen LogP) is 2.87. The fourth-order valence-corrected chi connectivity index (χ4v) is 3.81. The van der Waals surface area contributed by atoms with E-state index in [-0.39, 0.29) is 38.1 Å². The van der Waals surface area contributed by atoms with Gasteiger partial charge in [-0.25, -0.2) is 8.78 Å². The number of carbonyl (C=O) groups is 1. The summed E-state index contributed by atoms with van der Waals surface area (Å²) in [6.45, 7) is 1.63. The third kappa shape index (κ3) is 4.79. The van der Waals surface area contributed by atoms with E-state index >= 15 is 0 Å². The molecule has 0 aromatic heterocycles. The zero-order valence-corrected chi connectivity index (χ0v) is 15.2. The van der Waals surface area contributed by atoms with E-state index in [1.54, 1.807) is 4.90 Å². The van der Waals surface area contributed by atoms with Crippen LogP contribution in [0.15, 0.2) is 30.3 Å². The summed E-state index contributed by atoms with van der Waals surface area (Å²) in [5.74, 6) is -4.06. The molecule has 2 heterocycles. The molecule has 1 aromatic carbocycles. The highest BCUT2D eigenvalue weighted by Crippen LogP contribution is 2.28. The smallest absolute Gasteiger partial charge is 0.319 e. The van der Waals surface area contributed by atoms with Gasteiger partial charge in [-0.2, -0.15) is 8.78 Å². The lowest BCUT2D eigenvalue weighted by Gasteiger charge is -2.39. The molecule has 8 heteroatoms. The van der Waals surface area contributed by atoms with Crippen molar-refractivity contribution in [3.05, 3.63) is 35.9 Å². The Morgan fingerprint density at radius 3 is 2.11 bits per heavy atom. The van der Waals surface area contributed by atoms with E-state index in [1.807, 2.05) is 30.3 Å². The molecule has 2 fully saturated rings. The zero-order valence-electron chi connectivity index (χ0n) is 15.2. The van der Waals surface area contributed by atoms with Gasteiger partial charge in [0.25, 0.3) is 0 Å². The lowest BCUT2D eigenvalue weighted by molar-refractivity contribution is -0.150. The van der Waals surface area contributed by atoms with Gasteiger partial charge in [-0.3, -0.25) is 14.6 Å². The van der Waals surface area contributed by atoms with Crippen LogP contribution in [0.4, 0.5) is 17.6 Å². The number of rotatable bonds is 6. The first-order valence-electron chi connectivity index (χ1n) is 9.34. The molecule has 1 aromatic rings. The van der Waals surface area contributed by atoms with E-state index in [2.05, 4.69) is 4.90 Å². The molecule has 2 aliphatic heterocycles. The van der Waals surface area contributed by atoms with Crippen molar-refractivity contribution < 1.29 is 22.4 Å². The van der Waals surface area contributed by atoms with Crippen molar-refractivity contribution in [3.63, 3.8) is 0 Å². The van der Waals surface area contributed by atoms with Crippen LogP contribution >= 0.6 is 0 Å². The molecule has 0 radical (unpaired) electrons. The van der Waals surface area contributed by atoms with Crippen LogP contribution in [0.2, 0.25) is 0 Å². The molecular weight excluding hydrogens is 362 g/mol. The summed E-state index contributed by atoms with van der Waals surface area (Å²) >= 11 is 0. The van der Waals surface area contributed by atoms with Crippen molar-refractivity contribution in [2.45, 2.75) is 31.2 Å². The average Bonchev–Trinajstić information content (AvgIpc) is 3.17. The van der Waals surface area contributed by atoms with Gasteiger partial charge in [0.05, 0.1) is 6.54 Å². The van der Waals surface area contributed by atoms with Crippen LogP contribution in [-0.2, 0) is 4.79 Å². The SMILES string of the molecule is O=C(C(c1ccccc1)N1CCCC1)N1CCN(CC(F)(F)C(F)F)CC1. The van der Waals surface area contributed by atoms with Gasteiger partial charge >= 0.3 is 12.3 Å². The maximum atomic E-state index is 13.3. The number of carbonyl (C=O) groups excluding carboxylic acids is 1. The fraction of sp³-hybridized carbons (Fsp3) is 0.632. The Bertz CT molecular complexity index is 615. The van der Waals surface area contributed by atoms with Crippen molar-refractivity contribution in [2.75, 3.05) is 45.8 Å². The third-order valence-corrected chi connectivity index (χ3v) is 5.29. The maximum Gasteiger partial charge on any atom is 0.319 e. The Hall–Kier alpha value is -1.67. The normalized spacial score (nSPS) is 21.0. The third-order valence-electron chi connectivity index (χ3n) is 5.29.